The number of thioether (sulfide) groups is 1. The van der Waals surface area contributed by atoms with Gasteiger partial charge in [0, 0.05) is 22.4 Å². The quantitative estimate of drug-likeness (QED) is 0.608. The second-order valence-corrected chi connectivity index (χ2v) is 10.2. The van der Waals surface area contributed by atoms with Crippen molar-refractivity contribution in [3.05, 3.63) is 65.2 Å². The van der Waals surface area contributed by atoms with Gasteiger partial charge in [-0.1, -0.05) is 52.3 Å². The van der Waals surface area contributed by atoms with Gasteiger partial charge in [0.15, 0.2) is 0 Å². The number of rotatable bonds is 7. The van der Waals surface area contributed by atoms with Crippen molar-refractivity contribution in [1.82, 2.24) is 4.72 Å². The van der Waals surface area contributed by atoms with Crippen molar-refractivity contribution in [3.8, 4) is 0 Å². The van der Waals surface area contributed by atoms with E-state index in [1.807, 2.05) is 44.7 Å². The van der Waals surface area contributed by atoms with E-state index < -0.39 is 15.6 Å². The van der Waals surface area contributed by atoms with Crippen molar-refractivity contribution in [3.63, 3.8) is 0 Å². The Hall–Kier alpha value is -0.820. The maximum Gasteiger partial charge on any atom is 0.241 e. The number of nitrogens with one attached hydrogen (secondary N) is 1. The predicted octanol–water partition coefficient (Wildman–Crippen LogP) is 5.09. The van der Waals surface area contributed by atoms with Gasteiger partial charge in [-0.05, 0) is 49.6 Å². The molecule has 0 aliphatic heterocycles. The molecular formula is C19H24BrNO2S2. The average molecular weight is 442 g/mol. The lowest BCUT2D eigenvalue weighted by atomic mass is 10.1. The van der Waals surface area contributed by atoms with E-state index in [-0.39, 0.29) is 0 Å². The van der Waals surface area contributed by atoms with Crippen molar-refractivity contribution < 1.29 is 8.42 Å². The highest BCUT2D eigenvalue weighted by molar-refractivity contribution is 9.08. The first-order valence-electron chi connectivity index (χ1n) is 8.04. The fourth-order valence-corrected chi connectivity index (χ4v) is 5.03. The van der Waals surface area contributed by atoms with Crippen LogP contribution in [0.4, 0.5) is 0 Å². The van der Waals surface area contributed by atoms with Crippen LogP contribution in [0.3, 0.4) is 0 Å². The number of hydrogen-bond acceptors (Lipinski definition) is 3. The molecule has 2 rings (SSSR count). The summed E-state index contributed by atoms with van der Waals surface area (Å²) in [5, 5.41) is 0.865. The van der Waals surface area contributed by atoms with Crippen molar-refractivity contribution in [2.24, 2.45) is 0 Å². The maximum absolute atomic E-state index is 12.3. The summed E-state index contributed by atoms with van der Waals surface area (Å²) in [7, 11) is -3.47. The minimum atomic E-state index is -3.47. The van der Waals surface area contributed by atoms with Gasteiger partial charge in [0.05, 0.1) is 4.90 Å². The van der Waals surface area contributed by atoms with Crippen LogP contribution in [-0.2, 0) is 26.9 Å². The zero-order chi connectivity index (χ0) is 18.5. The van der Waals surface area contributed by atoms with Crippen molar-refractivity contribution in [2.45, 2.75) is 48.0 Å². The minimum Gasteiger partial charge on any atom is -0.207 e. The zero-order valence-corrected chi connectivity index (χ0v) is 18.0. The lowest BCUT2D eigenvalue weighted by Crippen LogP contribution is -2.40. The topological polar surface area (TPSA) is 46.2 Å². The number of halogens is 1. The molecule has 0 fully saturated rings. The molecule has 25 heavy (non-hydrogen) atoms. The third-order valence-electron chi connectivity index (χ3n) is 3.36. The van der Waals surface area contributed by atoms with Gasteiger partial charge in [-0.3, -0.25) is 0 Å². The number of sulfonamides is 1. The molecule has 0 saturated heterocycles. The third kappa shape index (κ3) is 6.77. The van der Waals surface area contributed by atoms with Crippen molar-refractivity contribution >= 4 is 37.7 Å². The Labute approximate surface area is 163 Å². The smallest absolute Gasteiger partial charge is 0.207 e. The molecule has 0 heterocycles. The molecular weight excluding hydrogens is 418 g/mol. The van der Waals surface area contributed by atoms with Crippen LogP contribution in [0, 0.1) is 0 Å². The van der Waals surface area contributed by atoms with E-state index in [1.165, 1.54) is 11.1 Å². The van der Waals surface area contributed by atoms with Gasteiger partial charge < -0.3 is 0 Å². The van der Waals surface area contributed by atoms with E-state index in [0.717, 1.165) is 22.4 Å². The molecule has 0 atom stereocenters. The molecule has 3 nitrogen and oxygen atoms in total. The van der Waals surface area contributed by atoms with Gasteiger partial charge in [0.2, 0.25) is 10.0 Å². The molecule has 0 aliphatic carbocycles. The first kappa shape index (κ1) is 20.5. The summed E-state index contributed by atoms with van der Waals surface area (Å²) < 4.78 is 27.3. The summed E-state index contributed by atoms with van der Waals surface area (Å²) in [6.45, 7) is 5.50. The maximum atomic E-state index is 12.3. The van der Waals surface area contributed by atoms with Crippen LogP contribution in [0.25, 0.3) is 0 Å². The first-order valence-corrected chi connectivity index (χ1v) is 11.8. The summed E-state index contributed by atoms with van der Waals surface area (Å²) in [5.41, 5.74) is 3.21. The summed E-state index contributed by atoms with van der Waals surface area (Å²) in [5.74, 6) is 1.79. The molecule has 0 aliphatic rings. The average Bonchev–Trinajstić information content (AvgIpc) is 2.53. The van der Waals surface area contributed by atoms with Gasteiger partial charge in [-0.25, -0.2) is 13.1 Å². The number of alkyl halides is 1. The summed E-state index contributed by atoms with van der Waals surface area (Å²) >= 11 is 5.30. The van der Waals surface area contributed by atoms with E-state index in [4.69, 9.17) is 0 Å². The Morgan fingerprint density at radius 3 is 2.16 bits per heavy atom. The second-order valence-electron chi connectivity index (χ2n) is 6.95. The summed E-state index contributed by atoms with van der Waals surface area (Å²) in [4.78, 5) is 0.307. The minimum absolute atomic E-state index is 0.307. The largest absolute Gasteiger partial charge is 0.241 e. The van der Waals surface area contributed by atoms with E-state index >= 15 is 0 Å². The first-order chi connectivity index (χ1) is 11.7. The van der Waals surface area contributed by atoms with Gasteiger partial charge >= 0.3 is 0 Å². The fourth-order valence-electron chi connectivity index (χ4n) is 2.32. The van der Waals surface area contributed by atoms with Crippen LogP contribution in [0.15, 0.2) is 53.4 Å². The van der Waals surface area contributed by atoms with Gasteiger partial charge in [-0.15, -0.1) is 0 Å². The summed E-state index contributed by atoms with van der Waals surface area (Å²) in [6.07, 6.45) is 0. The van der Waals surface area contributed by atoms with Crippen LogP contribution >= 0.6 is 27.7 Å². The SMILES string of the molecule is CC(C)(C)NS(=O)(=O)c1ccc(CSCc2cccc(CBr)c2)cc1. The molecule has 2 aromatic carbocycles. The van der Waals surface area contributed by atoms with E-state index in [1.54, 1.807) is 12.1 Å². The van der Waals surface area contributed by atoms with Crippen LogP contribution < -0.4 is 4.72 Å². The Bertz CT molecular complexity index is 797. The monoisotopic (exact) mass is 441 g/mol. The van der Waals surface area contributed by atoms with Gasteiger partial charge in [0.25, 0.3) is 0 Å². The molecule has 0 aromatic heterocycles. The van der Waals surface area contributed by atoms with Crippen LogP contribution in [0.1, 0.15) is 37.5 Å². The van der Waals surface area contributed by atoms with Gasteiger partial charge in [0.1, 0.15) is 0 Å². The highest BCUT2D eigenvalue weighted by Crippen LogP contribution is 2.21. The summed E-state index contributed by atoms with van der Waals surface area (Å²) in [6, 6.07) is 15.6. The molecule has 2 aromatic rings. The fraction of sp³-hybridized carbons (Fsp3) is 0.368. The van der Waals surface area contributed by atoms with Gasteiger partial charge in [-0.2, -0.15) is 11.8 Å². The molecule has 1 N–H and O–H groups in total. The lowest BCUT2D eigenvalue weighted by Gasteiger charge is -2.20. The number of benzene rings is 2. The standard InChI is InChI=1S/C19H24BrNO2S2/c1-19(2,3)21-25(22,23)18-9-7-15(8-10-18)13-24-14-17-6-4-5-16(11-17)12-20/h4-11,21H,12-14H2,1-3H3. The molecule has 0 bridgehead atoms. The second kappa shape index (κ2) is 8.71. The Kier molecular flexibility index (Phi) is 7.14. The van der Waals surface area contributed by atoms with Crippen molar-refractivity contribution in [1.29, 1.82) is 0 Å². The molecule has 0 radical (unpaired) electrons. The predicted molar refractivity (Wildman–Crippen MR) is 111 cm³/mol. The lowest BCUT2D eigenvalue weighted by molar-refractivity contribution is 0.491. The Morgan fingerprint density at radius 1 is 0.960 bits per heavy atom. The van der Waals surface area contributed by atoms with E-state index in [9.17, 15) is 8.42 Å². The molecule has 0 spiro atoms. The molecule has 0 unspecified atom stereocenters. The van der Waals surface area contributed by atoms with Crippen LogP contribution in [0.2, 0.25) is 0 Å². The highest BCUT2D eigenvalue weighted by atomic mass is 79.9. The van der Waals surface area contributed by atoms with E-state index in [0.29, 0.717) is 4.90 Å². The normalized spacial score (nSPS) is 12.3. The Morgan fingerprint density at radius 2 is 1.56 bits per heavy atom. The highest BCUT2D eigenvalue weighted by Gasteiger charge is 2.21. The Balaban J connectivity index is 1.94. The van der Waals surface area contributed by atoms with Crippen LogP contribution in [-0.4, -0.2) is 14.0 Å². The molecule has 6 heteroatoms. The van der Waals surface area contributed by atoms with E-state index in [2.05, 4.69) is 44.9 Å². The van der Waals surface area contributed by atoms with Crippen molar-refractivity contribution in [2.75, 3.05) is 0 Å². The molecule has 0 amide bonds. The zero-order valence-electron chi connectivity index (χ0n) is 14.8. The number of hydrogen-bond donors (Lipinski definition) is 1. The molecule has 136 valence electrons. The van der Waals surface area contributed by atoms with Crippen LogP contribution in [0.5, 0.6) is 0 Å². The molecule has 0 saturated carbocycles. The third-order valence-corrected chi connectivity index (χ3v) is 6.85.